The summed E-state index contributed by atoms with van der Waals surface area (Å²) in [6.45, 7) is 3.25. The average molecular weight is 336 g/mol. The Labute approximate surface area is 144 Å². The van der Waals surface area contributed by atoms with Crippen molar-refractivity contribution >= 4 is 11.9 Å². The number of nitrogens with zero attached hydrogens (tertiary/aromatic N) is 2. The molecule has 0 aliphatic rings. The maximum atomic E-state index is 11.6. The topological polar surface area (TPSA) is 75.2 Å². The highest BCUT2D eigenvalue weighted by Crippen LogP contribution is 2.13. The number of nitrogens with one attached hydrogen (secondary N) is 2. The molecule has 1 aromatic rings. The molecule has 0 fully saturated rings. The quantitative estimate of drug-likeness (QED) is 0.544. The first kappa shape index (κ1) is 19.8. The van der Waals surface area contributed by atoms with E-state index in [0.717, 1.165) is 5.56 Å². The Bertz CT molecular complexity index is 546. The van der Waals surface area contributed by atoms with Crippen molar-refractivity contribution < 1.29 is 14.3 Å². The van der Waals surface area contributed by atoms with Crippen molar-refractivity contribution in [1.82, 2.24) is 15.5 Å². The highest BCUT2D eigenvalue weighted by atomic mass is 16.5. The molecule has 0 aliphatic carbocycles. The lowest BCUT2D eigenvalue weighted by Crippen LogP contribution is -2.43. The Morgan fingerprint density at radius 3 is 2.75 bits per heavy atom. The highest BCUT2D eigenvalue weighted by molar-refractivity contribution is 5.80. The number of benzene rings is 1. The van der Waals surface area contributed by atoms with Crippen LogP contribution in [0.3, 0.4) is 0 Å². The summed E-state index contributed by atoms with van der Waals surface area (Å²) >= 11 is 0. The first-order chi connectivity index (χ1) is 11.5. The molecule has 0 aromatic heterocycles. The highest BCUT2D eigenvalue weighted by Gasteiger charge is 2.07. The third-order valence-electron chi connectivity index (χ3n) is 3.24. The number of guanidine groups is 1. The first-order valence-corrected chi connectivity index (χ1v) is 7.84. The third-order valence-corrected chi connectivity index (χ3v) is 3.24. The summed E-state index contributed by atoms with van der Waals surface area (Å²) in [5.41, 5.74) is 1.03. The van der Waals surface area contributed by atoms with Crippen LogP contribution in [-0.2, 0) is 16.1 Å². The molecule has 1 rings (SSSR count). The van der Waals surface area contributed by atoms with Gasteiger partial charge in [-0.3, -0.25) is 9.79 Å². The van der Waals surface area contributed by atoms with Gasteiger partial charge in [0.25, 0.3) is 5.91 Å². The Balaban J connectivity index is 2.53. The molecular formula is C17H28N4O3. The Morgan fingerprint density at radius 1 is 1.38 bits per heavy atom. The van der Waals surface area contributed by atoms with Crippen LogP contribution in [0.25, 0.3) is 0 Å². The molecule has 7 heteroatoms. The van der Waals surface area contributed by atoms with Crippen LogP contribution in [0.1, 0.15) is 12.5 Å². The Hall–Kier alpha value is -2.28. The van der Waals surface area contributed by atoms with Crippen molar-refractivity contribution in [3.8, 4) is 5.75 Å². The second kappa shape index (κ2) is 10.5. The lowest BCUT2D eigenvalue weighted by molar-refractivity contribution is -0.130. The van der Waals surface area contributed by atoms with Gasteiger partial charge in [-0.15, -0.1) is 0 Å². The predicted molar refractivity (Wildman–Crippen MR) is 95.3 cm³/mol. The molecule has 0 aliphatic heterocycles. The van der Waals surface area contributed by atoms with Crippen molar-refractivity contribution in [2.45, 2.75) is 19.5 Å². The van der Waals surface area contributed by atoms with E-state index >= 15 is 0 Å². The number of rotatable bonds is 8. The number of likely N-dealkylation sites (N-methyl/N-ethyl adjacent to an activating group) is 1. The van der Waals surface area contributed by atoms with E-state index in [1.54, 1.807) is 28.3 Å². The SMILES string of the molecule is CN=C(NCc1cccc(OCC(=O)N(C)C)c1)NC(C)COC. The van der Waals surface area contributed by atoms with Crippen LogP contribution in [0.5, 0.6) is 5.75 Å². The Kier molecular flexibility index (Phi) is 8.64. The van der Waals surface area contributed by atoms with E-state index < -0.39 is 0 Å². The van der Waals surface area contributed by atoms with Crippen LogP contribution in [0.2, 0.25) is 0 Å². The minimum atomic E-state index is -0.0738. The fourth-order valence-electron chi connectivity index (χ4n) is 1.92. The average Bonchev–Trinajstić information content (AvgIpc) is 2.56. The number of aliphatic imine (C=N–C) groups is 1. The van der Waals surface area contributed by atoms with E-state index in [0.29, 0.717) is 24.9 Å². The number of carbonyl (C=O) groups is 1. The zero-order valence-corrected chi connectivity index (χ0v) is 15.1. The van der Waals surface area contributed by atoms with E-state index in [9.17, 15) is 4.79 Å². The summed E-state index contributed by atoms with van der Waals surface area (Å²) in [5, 5.41) is 6.48. The van der Waals surface area contributed by atoms with E-state index in [2.05, 4.69) is 15.6 Å². The summed E-state index contributed by atoms with van der Waals surface area (Å²) in [7, 11) is 6.80. The summed E-state index contributed by atoms with van der Waals surface area (Å²) < 4.78 is 10.6. The summed E-state index contributed by atoms with van der Waals surface area (Å²) in [4.78, 5) is 17.3. The largest absolute Gasteiger partial charge is 0.484 e. The van der Waals surface area contributed by atoms with Crippen LogP contribution < -0.4 is 15.4 Å². The molecule has 24 heavy (non-hydrogen) atoms. The van der Waals surface area contributed by atoms with Gasteiger partial charge in [0.1, 0.15) is 5.75 Å². The number of ether oxygens (including phenoxy) is 2. The van der Waals surface area contributed by atoms with Gasteiger partial charge in [-0.05, 0) is 24.6 Å². The van der Waals surface area contributed by atoms with Gasteiger partial charge in [-0.1, -0.05) is 12.1 Å². The predicted octanol–water partition coefficient (Wildman–Crippen LogP) is 0.853. The molecule has 1 amide bonds. The fourth-order valence-corrected chi connectivity index (χ4v) is 1.92. The van der Waals surface area contributed by atoms with Gasteiger partial charge in [-0.2, -0.15) is 0 Å². The molecule has 0 saturated heterocycles. The van der Waals surface area contributed by atoms with E-state index in [1.807, 2.05) is 31.2 Å². The standard InChI is InChI=1S/C17H28N4O3/c1-13(11-23-5)20-17(18-2)19-10-14-7-6-8-15(9-14)24-12-16(22)21(3)4/h6-9,13H,10-12H2,1-5H3,(H2,18,19,20). The number of amides is 1. The molecule has 1 unspecified atom stereocenters. The molecule has 0 bridgehead atoms. The lowest BCUT2D eigenvalue weighted by atomic mass is 10.2. The van der Waals surface area contributed by atoms with Crippen molar-refractivity contribution in [1.29, 1.82) is 0 Å². The minimum Gasteiger partial charge on any atom is -0.484 e. The second-order valence-corrected chi connectivity index (χ2v) is 5.65. The molecule has 0 saturated carbocycles. The van der Waals surface area contributed by atoms with Crippen molar-refractivity contribution in [2.24, 2.45) is 4.99 Å². The molecule has 134 valence electrons. The second-order valence-electron chi connectivity index (χ2n) is 5.65. The van der Waals surface area contributed by atoms with Crippen LogP contribution in [0, 0.1) is 0 Å². The maximum Gasteiger partial charge on any atom is 0.259 e. The van der Waals surface area contributed by atoms with Crippen LogP contribution in [-0.4, -0.2) is 64.3 Å². The van der Waals surface area contributed by atoms with Gasteiger partial charge < -0.3 is 25.0 Å². The smallest absolute Gasteiger partial charge is 0.259 e. The summed E-state index contributed by atoms with van der Waals surface area (Å²) in [5.74, 6) is 1.30. The van der Waals surface area contributed by atoms with Crippen LogP contribution >= 0.6 is 0 Å². The molecule has 2 N–H and O–H groups in total. The fraction of sp³-hybridized carbons (Fsp3) is 0.529. The van der Waals surface area contributed by atoms with E-state index in [-0.39, 0.29) is 18.6 Å². The first-order valence-electron chi connectivity index (χ1n) is 7.84. The molecule has 0 heterocycles. The van der Waals surface area contributed by atoms with Gasteiger partial charge in [0.15, 0.2) is 12.6 Å². The molecule has 1 atom stereocenters. The van der Waals surface area contributed by atoms with Crippen molar-refractivity contribution in [2.75, 3.05) is 41.5 Å². The zero-order chi connectivity index (χ0) is 17.9. The summed E-state index contributed by atoms with van der Waals surface area (Å²) in [6.07, 6.45) is 0. The van der Waals surface area contributed by atoms with Gasteiger partial charge in [-0.25, -0.2) is 0 Å². The molecule has 0 radical (unpaired) electrons. The summed E-state index contributed by atoms with van der Waals surface area (Å²) in [6, 6.07) is 7.78. The van der Waals surface area contributed by atoms with E-state index in [1.165, 1.54) is 4.90 Å². The monoisotopic (exact) mass is 336 g/mol. The minimum absolute atomic E-state index is 0.0294. The van der Waals surface area contributed by atoms with Gasteiger partial charge >= 0.3 is 0 Å². The van der Waals surface area contributed by atoms with Gasteiger partial charge in [0.2, 0.25) is 0 Å². The van der Waals surface area contributed by atoms with Crippen molar-refractivity contribution in [3.63, 3.8) is 0 Å². The van der Waals surface area contributed by atoms with Gasteiger partial charge in [0.05, 0.1) is 6.61 Å². The maximum absolute atomic E-state index is 11.6. The molecule has 7 nitrogen and oxygen atoms in total. The van der Waals surface area contributed by atoms with Crippen molar-refractivity contribution in [3.05, 3.63) is 29.8 Å². The van der Waals surface area contributed by atoms with E-state index in [4.69, 9.17) is 9.47 Å². The zero-order valence-electron chi connectivity index (χ0n) is 15.1. The molecule has 0 spiro atoms. The number of carbonyl (C=O) groups excluding carboxylic acids is 1. The van der Waals surface area contributed by atoms with Crippen LogP contribution in [0.4, 0.5) is 0 Å². The lowest BCUT2D eigenvalue weighted by Gasteiger charge is -2.17. The Morgan fingerprint density at radius 2 is 2.12 bits per heavy atom. The number of methoxy groups -OCH3 is 1. The normalized spacial score (nSPS) is 12.5. The number of hydrogen-bond donors (Lipinski definition) is 2. The third kappa shape index (κ3) is 7.32. The number of hydrogen-bond acceptors (Lipinski definition) is 4. The van der Waals surface area contributed by atoms with Crippen LogP contribution in [0.15, 0.2) is 29.3 Å². The molecular weight excluding hydrogens is 308 g/mol. The van der Waals surface area contributed by atoms with Gasteiger partial charge in [0, 0.05) is 40.8 Å². The molecule has 1 aromatic carbocycles.